The molecule has 2 aliphatic rings. The molecule has 0 bridgehead atoms. The van der Waals surface area contributed by atoms with Gasteiger partial charge in [0.15, 0.2) is 0 Å². The number of amides is 7. The minimum atomic E-state index is -1.20. The molecule has 2 aromatic rings. The Hall–Kier alpha value is -5.61. The predicted octanol–water partition coefficient (Wildman–Crippen LogP) is -1.53. The molecular weight excluding hydrogens is 638 g/mol. The Balaban J connectivity index is 1.56. The topological polar surface area (TPSA) is 248 Å². The summed E-state index contributed by atoms with van der Waals surface area (Å²) in [6.07, 6.45) is 9.73. The smallest absolute Gasteiger partial charge is 0.271 e. The molecule has 17 heteroatoms. The lowest BCUT2D eigenvalue weighted by molar-refractivity contribution is -0.135. The van der Waals surface area contributed by atoms with Gasteiger partial charge in [-0.15, -0.1) is 0 Å². The van der Waals surface area contributed by atoms with Gasteiger partial charge in [-0.1, -0.05) is 12.8 Å². The van der Waals surface area contributed by atoms with Crippen LogP contribution in [-0.2, 0) is 35.2 Å². The van der Waals surface area contributed by atoms with E-state index in [1.807, 2.05) is 0 Å². The van der Waals surface area contributed by atoms with E-state index in [0.717, 1.165) is 29.9 Å². The van der Waals surface area contributed by atoms with Crippen molar-refractivity contribution in [3.05, 3.63) is 60.6 Å². The van der Waals surface area contributed by atoms with Crippen molar-refractivity contribution in [1.29, 1.82) is 0 Å². The number of furan rings is 1. The Bertz CT molecular complexity index is 1530. The van der Waals surface area contributed by atoms with Crippen LogP contribution in [-0.4, -0.2) is 101 Å². The van der Waals surface area contributed by atoms with Gasteiger partial charge in [0.2, 0.25) is 35.4 Å². The lowest BCUT2D eigenvalue weighted by Gasteiger charge is -2.27. The first-order valence-electron chi connectivity index (χ1n) is 16.0. The molecule has 0 unspecified atom stereocenters. The fourth-order valence-electron chi connectivity index (χ4n) is 5.21. The van der Waals surface area contributed by atoms with E-state index in [4.69, 9.17) is 10.2 Å². The summed E-state index contributed by atoms with van der Waals surface area (Å²) in [6.45, 7) is 0.0355. The van der Waals surface area contributed by atoms with Crippen molar-refractivity contribution in [1.82, 2.24) is 41.5 Å². The molecule has 1 aliphatic carbocycles. The van der Waals surface area contributed by atoms with Gasteiger partial charge in [-0.2, -0.15) is 0 Å². The van der Waals surface area contributed by atoms with Gasteiger partial charge < -0.3 is 41.6 Å². The van der Waals surface area contributed by atoms with Crippen molar-refractivity contribution in [3.63, 3.8) is 0 Å². The van der Waals surface area contributed by atoms with Crippen LogP contribution in [0, 0.1) is 5.92 Å². The van der Waals surface area contributed by atoms with Gasteiger partial charge in [-0.05, 0) is 43.7 Å². The number of nitrogens with one attached hydrogen (secondary N) is 5. The number of nitrogens with zero attached hydrogens (tertiary/aromatic N) is 3. The van der Waals surface area contributed by atoms with Crippen molar-refractivity contribution in [2.75, 3.05) is 20.1 Å². The molecule has 4 rings (SSSR count). The van der Waals surface area contributed by atoms with Crippen LogP contribution in [0.3, 0.4) is 0 Å². The highest BCUT2D eigenvalue weighted by Crippen LogP contribution is 2.33. The SMILES string of the molecule is CN1C(=O)/C=C\C(=O)N[C@@H](CC2CC2)C(=O)N[C@@H](Cc2ccco2)C(=O)N[C@@H](CCCNC(=O)c2cnccn2)C(=O)NCC[C@H]1C(N)=O. The third kappa shape index (κ3) is 11.3. The Morgan fingerprint density at radius 3 is 2.41 bits per heavy atom. The summed E-state index contributed by atoms with van der Waals surface area (Å²) in [5.74, 6) is -4.05. The number of hydrogen-bond acceptors (Lipinski definition) is 10. The van der Waals surface area contributed by atoms with Crippen LogP contribution >= 0.6 is 0 Å². The molecule has 4 atom stereocenters. The van der Waals surface area contributed by atoms with Crippen LogP contribution in [0.15, 0.2) is 53.6 Å². The van der Waals surface area contributed by atoms with Gasteiger partial charge in [0.1, 0.15) is 35.6 Å². The van der Waals surface area contributed by atoms with Crippen molar-refractivity contribution in [2.45, 2.75) is 69.1 Å². The second kappa shape index (κ2) is 17.5. The number of carbonyl (C=O) groups is 7. The van der Waals surface area contributed by atoms with E-state index in [1.54, 1.807) is 12.1 Å². The molecule has 0 saturated heterocycles. The minimum Gasteiger partial charge on any atom is -0.469 e. The summed E-state index contributed by atoms with van der Waals surface area (Å²) in [5.41, 5.74) is 5.66. The van der Waals surface area contributed by atoms with E-state index in [2.05, 4.69) is 36.6 Å². The van der Waals surface area contributed by atoms with Crippen molar-refractivity contribution in [2.24, 2.45) is 11.7 Å². The average Bonchev–Trinajstić information content (AvgIpc) is 3.76. The highest BCUT2D eigenvalue weighted by molar-refractivity contribution is 6.00. The highest BCUT2D eigenvalue weighted by Gasteiger charge is 2.34. The molecule has 1 fully saturated rings. The highest BCUT2D eigenvalue weighted by atomic mass is 16.3. The molecule has 1 saturated carbocycles. The third-order valence-electron chi connectivity index (χ3n) is 8.14. The second-order valence-electron chi connectivity index (χ2n) is 11.9. The molecule has 1 aliphatic heterocycles. The van der Waals surface area contributed by atoms with Crippen LogP contribution in [0.2, 0.25) is 0 Å². The summed E-state index contributed by atoms with van der Waals surface area (Å²) in [4.78, 5) is 99.9. The Morgan fingerprint density at radius 1 is 0.980 bits per heavy atom. The summed E-state index contributed by atoms with van der Waals surface area (Å²) in [7, 11) is 1.33. The van der Waals surface area contributed by atoms with E-state index in [1.165, 1.54) is 31.9 Å². The van der Waals surface area contributed by atoms with Gasteiger partial charge in [-0.25, -0.2) is 4.98 Å². The van der Waals surface area contributed by atoms with Gasteiger partial charge >= 0.3 is 0 Å². The van der Waals surface area contributed by atoms with Gasteiger partial charge in [0.05, 0.1) is 12.5 Å². The summed E-state index contributed by atoms with van der Waals surface area (Å²) in [5, 5.41) is 13.4. The Kier molecular flexibility index (Phi) is 13.0. The maximum Gasteiger partial charge on any atom is 0.271 e. The van der Waals surface area contributed by atoms with E-state index in [9.17, 15) is 33.6 Å². The van der Waals surface area contributed by atoms with Crippen LogP contribution in [0.4, 0.5) is 0 Å². The zero-order chi connectivity index (χ0) is 35.3. The fraction of sp³-hybridized carbons (Fsp3) is 0.469. The van der Waals surface area contributed by atoms with Crippen molar-refractivity contribution >= 4 is 41.4 Å². The van der Waals surface area contributed by atoms with E-state index < -0.39 is 65.5 Å². The van der Waals surface area contributed by atoms with Gasteiger partial charge in [0.25, 0.3) is 5.91 Å². The normalized spacial score (nSPS) is 23.6. The molecule has 0 spiro atoms. The molecule has 49 heavy (non-hydrogen) atoms. The number of hydrogen-bond donors (Lipinski definition) is 6. The summed E-state index contributed by atoms with van der Waals surface area (Å²) < 4.78 is 5.43. The minimum absolute atomic E-state index is 0.0567. The van der Waals surface area contributed by atoms with Crippen molar-refractivity contribution in [3.8, 4) is 0 Å². The summed E-state index contributed by atoms with van der Waals surface area (Å²) >= 11 is 0. The number of likely N-dealkylation sites (N-methyl/N-ethyl adjacent to an activating group) is 1. The van der Waals surface area contributed by atoms with Crippen LogP contribution in [0.1, 0.15) is 54.8 Å². The predicted molar refractivity (Wildman–Crippen MR) is 172 cm³/mol. The first-order chi connectivity index (χ1) is 23.5. The standard InChI is InChI=1S/C32H41N9O8/c1-41-25(28(33)44)10-12-37-29(45)21(5-2-11-36-30(46)24-18-34-13-14-35-24)39-32(48)23(17-20-4-3-15-49-20)40-31(47)22(16-19-6-7-19)38-26(42)8-9-27(41)43/h3-4,8-9,13-15,18-19,21-23,25H,2,5-7,10-12,16-17H2,1H3,(H2,33,44)(H,36,46)(H,37,45)(H,38,42)(H,39,48)(H,40,47)/b9-8-/t21-,22-,23-,25-/m0/s1. The third-order valence-corrected chi connectivity index (χ3v) is 8.14. The number of nitrogens with two attached hydrogens (primary N) is 1. The Labute approximate surface area is 282 Å². The van der Waals surface area contributed by atoms with Crippen LogP contribution in [0.5, 0.6) is 0 Å². The van der Waals surface area contributed by atoms with E-state index >= 15 is 0 Å². The first kappa shape index (κ1) is 36.2. The molecule has 0 aromatic carbocycles. The molecule has 2 aromatic heterocycles. The lowest BCUT2D eigenvalue weighted by Crippen LogP contribution is -2.57. The monoisotopic (exact) mass is 679 g/mol. The fourth-order valence-corrected chi connectivity index (χ4v) is 5.21. The quantitative estimate of drug-likeness (QED) is 0.158. The zero-order valence-electron chi connectivity index (χ0n) is 27.1. The van der Waals surface area contributed by atoms with E-state index in [-0.39, 0.29) is 50.4 Å². The van der Waals surface area contributed by atoms with Crippen LogP contribution < -0.4 is 32.3 Å². The molecular formula is C32H41N9O8. The summed E-state index contributed by atoms with van der Waals surface area (Å²) in [6, 6.07) is -1.23. The number of aromatic nitrogens is 2. The molecule has 3 heterocycles. The van der Waals surface area contributed by atoms with Crippen LogP contribution in [0.25, 0.3) is 0 Å². The largest absolute Gasteiger partial charge is 0.469 e. The lowest BCUT2D eigenvalue weighted by atomic mass is 10.1. The average molecular weight is 680 g/mol. The zero-order valence-corrected chi connectivity index (χ0v) is 27.1. The molecule has 17 nitrogen and oxygen atoms in total. The number of primary amides is 1. The molecule has 262 valence electrons. The molecule has 7 amide bonds. The first-order valence-corrected chi connectivity index (χ1v) is 16.0. The van der Waals surface area contributed by atoms with Gasteiger partial charge in [0, 0.05) is 51.1 Å². The van der Waals surface area contributed by atoms with Gasteiger partial charge in [-0.3, -0.25) is 38.5 Å². The maximum atomic E-state index is 13.8. The van der Waals surface area contributed by atoms with Crippen molar-refractivity contribution < 1.29 is 38.0 Å². The molecule has 0 radical (unpaired) electrons. The Morgan fingerprint density at radius 2 is 1.73 bits per heavy atom. The molecule has 7 N–H and O–H groups in total. The van der Waals surface area contributed by atoms with E-state index in [0.29, 0.717) is 12.2 Å². The maximum absolute atomic E-state index is 13.8. The second-order valence-corrected chi connectivity index (χ2v) is 11.9. The number of rotatable bonds is 10. The number of carbonyl (C=O) groups excluding carboxylic acids is 7.